The van der Waals surface area contributed by atoms with Crippen LogP contribution in [0.5, 0.6) is 5.88 Å². The van der Waals surface area contributed by atoms with Crippen LogP contribution in [0.15, 0.2) is 48.5 Å². The molecule has 2 unspecified atom stereocenters. The van der Waals surface area contributed by atoms with E-state index in [0.717, 1.165) is 11.1 Å². The lowest BCUT2D eigenvalue weighted by Crippen LogP contribution is -2.45. The normalized spacial score (nSPS) is 14.1. The molecule has 0 saturated carbocycles. The number of carboxylic acids is 1. The van der Waals surface area contributed by atoms with Gasteiger partial charge in [-0.25, -0.2) is 9.07 Å². The number of aryl methyl sites for hydroxylation is 1. The number of halogens is 1. The van der Waals surface area contributed by atoms with Crippen molar-refractivity contribution in [1.29, 1.82) is 0 Å². The number of carbonyl (C=O) groups excluding carboxylic acids is 1. The molecule has 1 heterocycles. The molecule has 3 aromatic rings. The smallest absolute Gasteiger partial charge is 0.305 e. The first-order chi connectivity index (χ1) is 17.2. The summed E-state index contributed by atoms with van der Waals surface area (Å²) >= 11 is 0. The molecule has 0 spiro atoms. The summed E-state index contributed by atoms with van der Waals surface area (Å²) in [5, 5.41) is 27.4. The quantitative estimate of drug-likeness (QED) is 0.382. The third kappa shape index (κ3) is 6.54. The molecule has 0 radical (unpaired) electrons. The van der Waals surface area contributed by atoms with Crippen molar-refractivity contribution in [3.63, 3.8) is 0 Å². The van der Waals surface area contributed by atoms with Crippen LogP contribution in [0.4, 0.5) is 4.39 Å². The van der Waals surface area contributed by atoms with Gasteiger partial charge >= 0.3 is 5.97 Å². The molecule has 3 rings (SSSR count). The van der Waals surface area contributed by atoms with Crippen molar-refractivity contribution in [2.24, 2.45) is 5.41 Å². The van der Waals surface area contributed by atoms with E-state index in [0.29, 0.717) is 11.3 Å². The van der Waals surface area contributed by atoms with E-state index in [2.05, 4.69) is 10.4 Å². The summed E-state index contributed by atoms with van der Waals surface area (Å²) < 4.78 is 21.2. The summed E-state index contributed by atoms with van der Waals surface area (Å²) in [4.78, 5) is 24.9. The number of nitrogens with zero attached hydrogens (tertiary/aromatic N) is 2. The summed E-state index contributed by atoms with van der Waals surface area (Å²) in [6, 6.07) is 11.7. The number of carbonyl (C=O) groups is 2. The highest BCUT2D eigenvalue weighted by Gasteiger charge is 2.36. The standard InChI is InChI=1S/C28H34FN3O5/c1-17-9-7-12-21(18(17)2)22(15-25(33)34)30-26(35)23-14-24(37-16-28(6,36)27(3,4)5)32(31-23)20-11-8-10-19(29)13-20/h7-14,22,36H,15-16H2,1-6H3,(H,30,35)(H,33,34). The van der Waals surface area contributed by atoms with Crippen LogP contribution in [0.25, 0.3) is 5.69 Å². The lowest BCUT2D eigenvalue weighted by Gasteiger charge is -2.36. The second kappa shape index (κ2) is 10.7. The fraction of sp³-hybridized carbons (Fsp3) is 0.393. The molecule has 1 amide bonds. The van der Waals surface area contributed by atoms with Gasteiger partial charge in [-0.1, -0.05) is 45.0 Å². The van der Waals surface area contributed by atoms with Crippen molar-refractivity contribution in [3.8, 4) is 11.6 Å². The molecule has 0 aliphatic carbocycles. The van der Waals surface area contributed by atoms with E-state index in [1.807, 2.05) is 46.8 Å². The largest absolute Gasteiger partial charge is 0.481 e. The van der Waals surface area contributed by atoms with Crippen LogP contribution in [-0.4, -0.2) is 44.1 Å². The fourth-order valence-corrected chi connectivity index (χ4v) is 3.60. The average molecular weight is 512 g/mol. The molecular weight excluding hydrogens is 477 g/mol. The predicted octanol–water partition coefficient (Wildman–Crippen LogP) is 4.75. The fourth-order valence-electron chi connectivity index (χ4n) is 3.60. The third-order valence-electron chi connectivity index (χ3n) is 6.78. The Labute approximate surface area is 216 Å². The van der Waals surface area contributed by atoms with Crippen LogP contribution in [0.1, 0.15) is 67.3 Å². The highest BCUT2D eigenvalue weighted by molar-refractivity contribution is 5.93. The topological polar surface area (TPSA) is 114 Å². The number of benzene rings is 2. The summed E-state index contributed by atoms with van der Waals surface area (Å²) in [7, 11) is 0. The van der Waals surface area contributed by atoms with E-state index in [4.69, 9.17) is 4.74 Å². The van der Waals surface area contributed by atoms with Gasteiger partial charge in [0.25, 0.3) is 5.91 Å². The number of aromatic nitrogens is 2. The van der Waals surface area contributed by atoms with Crippen LogP contribution in [0.3, 0.4) is 0 Å². The summed E-state index contributed by atoms with van der Waals surface area (Å²) in [5.74, 6) is -2.05. The number of carboxylic acid groups (broad SMARTS) is 1. The van der Waals surface area contributed by atoms with Crippen molar-refractivity contribution < 1.29 is 28.9 Å². The third-order valence-corrected chi connectivity index (χ3v) is 6.78. The van der Waals surface area contributed by atoms with E-state index in [9.17, 15) is 24.2 Å². The van der Waals surface area contributed by atoms with Gasteiger partial charge in [0.15, 0.2) is 5.69 Å². The predicted molar refractivity (Wildman–Crippen MR) is 137 cm³/mol. The van der Waals surface area contributed by atoms with Gasteiger partial charge in [0.1, 0.15) is 18.0 Å². The van der Waals surface area contributed by atoms with E-state index in [1.54, 1.807) is 19.1 Å². The van der Waals surface area contributed by atoms with Gasteiger partial charge in [-0.3, -0.25) is 9.59 Å². The number of aliphatic hydroxyl groups is 1. The zero-order valence-electron chi connectivity index (χ0n) is 22.0. The number of rotatable bonds is 9. The summed E-state index contributed by atoms with van der Waals surface area (Å²) in [6.45, 7) is 10.9. The first-order valence-corrected chi connectivity index (χ1v) is 12.0. The number of amides is 1. The molecule has 198 valence electrons. The summed E-state index contributed by atoms with van der Waals surface area (Å²) in [5.41, 5.74) is 1.09. The van der Waals surface area contributed by atoms with Crippen LogP contribution >= 0.6 is 0 Å². The van der Waals surface area contributed by atoms with E-state index < -0.39 is 34.8 Å². The maximum atomic E-state index is 14.0. The maximum Gasteiger partial charge on any atom is 0.305 e. The highest BCUT2D eigenvalue weighted by Crippen LogP contribution is 2.31. The monoisotopic (exact) mass is 511 g/mol. The van der Waals surface area contributed by atoms with Crippen molar-refractivity contribution in [1.82, 2.24) is 15.1 Å². The maximum absolute atomic E-state index is 14.0. The van der Waals surface area contributed by atoms with Crippen LogP contribution in [0.2, 0.25) is 0 Å². The molecule has 1 aromatic heterocycles. The molecule has 8 nitrogen and oxygen atoms in total. The van der Waals surface area contributed by atoms with Crippen molar-refractivity contribution in [2.45, 2.75) is 59.6 Å². The first-order valence-electron chi connectivity index (χ1n) is 12.0. The van der Waals surface area contributed by atoms with Crippen LogP contribution in [-0.2, 0) is 4.79 Å². The zero-order valence-corrected chi connectivity index (χ0v) is 22.0. The number of aliphatic carboxylic acids is 1. The van der Waals surface area contributed by atoms with E-state index >= 15 is 0 Å². The number of nitrogens with one attached hydrogen (secondary N) is 1. The Bertz CT molecular complexity index is 1290. The van der Waals surface area contributed by atoms with Gasteiger partial charge in [-0.15, -0.1) is 0 Å². The van der Waals surface area contributed by atoms with Crippen LogP contribution < -0.4 is 10.1 Å². The van der Waals surface area contributed by atoms with Gasteiger partial charge in [0, 0.05) is 6.07 Å². The lowest BCUT2D eigenvalue weighted by atomic mass is 9.78. The Morgan fingerprint density at radius 3 is 2.41 bits per heavy atom. The Balaban J connectivity index is 1.97. The molecule has 37 heavy (non-hydrogen) atoms. The minimum absolute atomic E-state index is 0.0460. The molecule has 2 atom stereocenters. The van der Waals surface area contributed by atoms with Crippen molar-refractivity contribution in [3.05, 3.63) is 76.7 Å². The number of hydrogen-bond donors (Lipinski definition) is 3. The average Bonchev–Trinajstić information content (AvgIpc) is 3.23. The van der Waals surface area contributed by atoms with E-state index in [1.165, 1.54) is 28.9 Å². The van der Waals surface area contributed by atoms with Crippen LogP contribution in [0, 0.1) is 25.1 Å². The minimum Gasteiger partial charge on any atom is -0.481 e. The minimum atomic E-state index is -1.22. The van der Waals surface area contributed by atoms with Crippen molar-refractivity contribution in [2.75, 3.05) is 6.61 Å². The zero-order chi connectivity index (χ0) is 27.5. The second-order valence-corrected chi connectivity index (χ2v) is 10.5. The van der Waals surface area contributed by atoms with Gasteiger partial charge in [-0.05, 0) is 61.1 Å². The molecule has 0 aliphatic heterocycles. The number of ether oxygens (including phenoxy) is 1. The second-order valence-electron chi connectivity index (χ2n) is 10.5. The molecule has 0 saturated heterocycles. The van der Waals surface area contributed by atoms with Gasteiger partial charge in [0.2, 0.25) is 5.88 Å². The lowest BCUT2D eigenvalue weighted by molar-refractivity contribution is -0.137. The summed E-state index contributed by atoms with van der Waals surface area (Å²) in [6.07, 6.45) is -0.321. The van der Waals surface area contributed by atoms with Gasteiger partial charge in [-0.2, -0.15) is 5.10 Å². The molecule has 0 bridgehead atoms. The molecule has 0 fully saturated rings. The SMILES string of the molecule is Cc1cccc(C(CC(=O)O)NC(=O)c2cc(OCC(C)(O)C(C)(C)C)n(-c3cccc(F)c3)n2)c1C. The van der Waals surface area contributed by atoms with Gasteiger partial charge in [0.05, 0.1) is 18.2 Å². The molecule has 3 N–H and O–H groups in total. The Morgan fingerprint density at radius 1 is 1.11 bits per heavy atom. The van der Waals surface area contributed by atoms with Crippen molar-refractivity contribution >= 4 is 11.9 Å². The number of hydrogen-bond acceptors (Lipinski definition) is 5. The first kappa shape index (κ1) is 27.9. The highest BCUT2D eigenvalue weighted by atomic mass is 19.1. The molecule has 0 aliphatic rings. The Hall–Kier alpha value is -3.72. The van der Waals surface area contributed by atoms with E-state index in [-0.39, 0.29) is 24.6 Å². The molecular formula is C28H34FN3O5. The Morgan fingerprint density at radius 2 is 1.78 bits per heavy atom. The Kier molecular flexibility index (Phi) is 8.07. The van der Waals surface area contributed by atoms with Gasteiger partial charge < -0.3 is 20.3 Å². The molecule has 9 heteroatoms. The molecule has 2 aromatic carbocycles.